The van der Waals surface area contributed by atoms with Gasteiger partial charge in [-0.05, 0) is 40.9 Å². The predicted molar refractivity (Wildman–Crippen MR) is 113 cm³/mol. The molecule has 0 aromatic heterocycles. The third-order valence-electron chi connectivity index (χ3n) is 7.14. The zero-order valence-electron chi connectivity index (χ0n) is 16.8. The van der Waals surface area contributed by atoms with E-state index < -0.39 is 16.1 Å². The van der Waals surface area contributed by atoms with Crippen LogP contribution in [0.3, 0.4) is 0 Å². The standard InChI is InChI=1S/C20H37PSi2/c1-10-20(2,3)19-14-12-16(23(7,8)9)18(21-19)17-13(14)11-15(17)22(4,5)6/h12-15,17-18H,10-11H2,1-9H3. The molecule has 0 aromatic carbocycles. The van der Waals surface area contributed by atoms with Gasteiger partial charge in [0.2, 0.25) is 0 Å². The lowest BCUT2D eigenvalue weighted by Gasteiger charge is -2.63. The van der Waals surface area contributed by atoms with Crippen molar-refractivity contribution in [3.05, 3.63) is 11.3 Å². The lowest BCUT2D eigenvalue weighted by molar-refractivity contribution is 0.137. The first kappa shape index (κ1) is 18.1. The molecule has 0 aromatic rings. The number of allylic oxidation sites excluding steroid dienone is 2. The topological polar surface area (TPSA) is 0 Å². The van der Waals surface area contributed by atoms with E-state index in [0.29, 0.717) is 5.41 Å². The molecule has 0 N–H and O–H groups in total. The Hall–Kier alpha value is 0.344. The van der Waals surface area contributed by atoms with E-state index in [1.54, 1.807) is 8.20 Å². The Balaban J connectivity index is 2.03. The minimum atomic E-state index is -1.18. The van der Waals surface area contributed by atoms with Crippen molar-refractivity contribution < 1.29 is 0 Å². The second-order valence-electron chi connectivity index (χ2n) is 11.0. The zero-order chi connectivity index (χ0) is 17.4. The Labute approximate surface area is 148 Å². The van der Waals surface area contributed by atoms with Gasteiger partial charge in [-0.15, -0.1) is 0 Å². The van der Waals surface area contributed by atoms with Gasteiger partial charge in [-0.25, -0.2) is 0 Å². The molecule has 2 aliphatic carbocycles. The summed E-state index contributed by atoms with van der Waals surface area (Å²) in [4.78, 5) is 0. The van der Waals surface area contributed by atoms with Crippen molar-refractivity contribution in [2.75, 3.05) is 0 Å². The fourth-order valence-corrected chi connectivity index (χ4v) is 13.2. The smallest absolute Gasteiger partial charge is 0.0733 e. The monoisotopic (exact) mass is 364 g/mol. The molecule has 1 fully saturated rings. The van der Waals surface area contributed by atoms with Crippen LogP contribution in [0, 0.1) is 23.2 Å². The second kappa shape index (κ2) is 5.42. The van der Waals surface area contributed by atoms with Gasteiger partial charge in [-0.2, -0.15) is 0 Å². The summed E-state index contributed by atoms with van der Waals surface area (Å²) in [6.07, 6.45) is 5.64. The first-order chi connectivity index (χ1) is 10.4. The largest absolute Gasteiger partial charge is 0.0964 e. The van der Waals surface area contributed by atoms with Crippen LogP contribution in [0.5, 0.6) is 0 Å². The van der Waals surface area contributed by atoms with E-state index in [4.69, 9.17) is 0 Å². The highest BCUT2D eigenvalue weighted by atomic mass is 31.1. The lowest BCUT2D eigenvalue weighted by atomic mass is 9.58. The summed E-state index contributed by atoms with van der Waals surface area (Å²) in [6.45, 7) is 23.0. The van der Waals surface area contributed by atoms with Gasteiger partial charge in [0.05, 0.1) is 8.07 Å². The quantitative estimate of drug-likeness (QED) is 0.384. The van der Waals surface area contributed by atoms with Crippen molar-refractivity contribution >= 4 is 29.6 Å². The molecule has 4 rings (SSSR count). The van der Waals surface area contributed by atoms with Gasteiger partial charge in [-0.1, -0.05) is 79.5 Å². The van der Waals surface area contributed by atoms with Gasteiger partial charge in [0.15, 0.2) is 0 Å². The SMILES string of the molecule is CCC(C)(C)C1=PC2C([Si](C)(C)C)=CC1C1CC([Si](C)(C)C)C21. The van der Waals surface area contributed by atoms with Gasteiger partial charge in [-0.3, -0.25) is 0 Å². The van der Waals surface area contributed by atoms with Gasteiger partial charge < -0.3 is 0 Å². The molecule has 0 radical (unpaired) electrons. The van der Waals surface area contributed by atoms with Crippen LogP contribution < -0.4 is 0 Å². The maximum absolute atomic E-state index is 2.81. The minimum absolute atomic E-state index is 0.432. The van der Waals surface area contributed by atoms with E-state index in [2.05, 4.69) is 66.1 Å². The zero-order valence-corrected chi connectivity index (χ0v) is 19.7. The summed E-state index contributed by atoms with van der Waals surface area (Å²) in [6, 6.07) is 0. The molecule has 2 aliphatic heterocycles. The molecule has 4 aliphatic rings. The Morgan fingerprint density at radius 2 is 1.74 bits per heavy atom. The molecule has 0 nitrogen and oxygen atoms in total. The minimum Gasteiger partial charge on any atom is -0.0964 e. The number of hydrogen-bond donors (Lipinski definition) is 0. The van der Waals surface area contributed by atoms with Crippen molar-refractivity contribution in [1.82, 2.24) is 0 Å². The molecule has 3 heteroatoms. The van der Waals surface area contributed by atoms with Crippen LogP contribution in [0.2, 0.25) is 44.8 Å². The highest BCUT2D eigenvalue weighted by Crippen LogP contribution is 2.66. The summed E-state index contributed by atoms with van der Waals surface area (Å²) in [5.74, 6) is 2.85. The third-order valence-corrected chi connectivity index (χ3v) is 14.5. The Bertz CT molecular complexity index is 559. The van der Waals surface area contributed by atoms with Crippen molar-refractivity contribution in [3.63, 3.8) is 0 Å². The number of rotatable bonds is 4. The normalized spacial score (nSPS) is 37.7. The summed E-state index contributed by atoms with van der Waals surface area (Å²) in [7, 11) is -0.454. The molecule has 5 atom stereocenters. The van der Waals surface area contributed by atoms with Crippen LogP contribution in [0.25, 0.3) is 0 Å². The number of hydrogen-bond acceptors (Lipinski definition) is 0. The van der Waals surface area contributed by atoms with Crippen LogP contribution in [-0.2, 0) is 0 Å². The molecule has 5 unspecified atom stereocenters. The first-order valence-corrected chi connectivity index (χ1v) is 17.7. The Morgan fingerprint density at radius 1 is 1.13 bits per heavy atom. The van der Waals surface area contributed by atoms with E-state index in [1.807, 2.05) is 10.5 Å². The molecule has 23 heavy (non-hydrogen) atoms. The highest BCUT2D eigenvalue weighted by Gasteiger charge is 2.59. The molecule has 0 spiro atoms. The highest BCUT2D eigenvalue weighted by molar-refractivity contribution is 7.42. The van der Waals surface area contributed by atoms with E-state index in [0.717, 1.165) is 29.0 Å². The van der Waals surface area contributed by atoms with Gasteiger partial charge in [0, 0.05) is 19.7 Å². The average molecular weight is 365 g/mol. The van der Waals surface area contributed by atoms with E-state index in [9.17, 15) is 0 Å². The first-order valence-electron chi connectivity index (χ1n) is 9.68. The van der Waals surface area contributed by atoms with Gasteiger partial charge in [0.1, 0.15) is 0 Å². The van der Waals surface area contributed by atoms with Crippen LogP contribution >= 0.6 is 8.20 Å². The second-order valence-corrected chi connectivity index (χ2v) is 22.9. The van der Waals surface area contributed by atoms with Crippen molar-refractivity contribution in [3.8, 4) is 0 Å². The summed E-state index contributed by atoms with van der Waals surface area (Å²) >= 11 is 0. The molecular weight excluding hydrogens is 327 g/mol. The van der Waals surface area contributed by atoms with Crippen LogP contribution in [0.4, 0.5) is 0 Å². The molecule has 2 heterocycles. The van der Waals surface area contributed by atoms with Crippen molar-refractivity contribution in [2.24, 2.45) is 23.2 Å². The maximum Gasteiger partial charge on any atom is 0.0733 e. The van der Waals surface area contributed by atoms with Crippen LogP contribution in [0.15, 0.2) is 11.3 Å². The van der Waals surface area contributed by atoms with E-state index in [1.165, 1.54) is 12.8 Å². The molecule has 1 saturated carbocycles. The maximum atomic E-state index is 2.81. The molecule has 0 amide bonds. The van der Waals surface area contributed by atoms with Crippen LogP contribution in [-0.4, -0.2) is 27.1 Å². The van der Waals surface area contributed by atoms with Gasteiger partial charge >= 0.3 is 0 Å². The van der Waals surface area contributed by atoms with E-state index >= 15 is 0 Å². The summed E-state index contributed by atoms with van der Waals surface area (Å²) < 4.78 is 0. The molecule has 2 bridgehead atoms. The van der Waals surface area contributed by atoms with Gasteiger partial charge in [0.25, 0.3) is 0 Å². The fraction of sp³-hybridized carbons (Fsp3) is 0.850. The lowest BCUT2D eigenvalue weighted by Crippen LogP contribution is -2.60. The fourth-order valence-electron chi connectivity index (χ4n) is 5.28. The van der Waals surface area contributed by atoms with E-state index in [-0.39, 0.29) is 0 Å². The summed E-state index contributed by atoms with van der Waals surface area (Å²) in [5, 5.41) is 3.83. The summed E-state index contributed by atoms with van der Waals surface area (Å²) in [5.41, 5.74) is 2.41. The van der Waals surface area contributed by atoms with Crippen molar-refractivity contribution in [1.29, 1.82) is 0 Å². The average Bonchev–Trinajstić information content (AvgIpc) is 2.34. The Kier molecular flexibility index (Phi) is 4.27. The van der Waals surface area contributed by atoms with Crippen LogP contribution in [0.1, 0.15) is 33.6 Å². The molecule has 130 valence electrons. The third kappa shape index (κ3) is 2.81. The predicted octanol–water partition coefficient (Wildman–Crippen LogP) is 6.70. The Morgan fingerprint density at radius 3 is 2.22 bits per heavy atom. The van der Waals surface area contributed by atoms with Crippen molar-refractivity contribution in [2.45, 2.75) is 84.1 Å². The molecule has 0 saturated heterocycles. The molecular formula is C20H37PSi2.